The minimum atomic E-state index is -0.466. The van der Waals surface area contributed by atoms with E-state index in [0.29, 0.717) is 35.6 Å². The number of benzene rings is 2. The molecule has 4 rings (SSSR count). The maximum Gasteiger partial charge on any atom is 0.270 e. The Morgan fingerprint density at radius 1 is 1.13 bits per heavy atom. The van der Waals surface area contributed by atoms with Crippen LogP contribution in [-0.2, 0) is 6.54 Å². The average molecular weight is 420 g/mol. The van der Waals surface area contributed by atoms with Crippen LogP contribution in [0.25, 0.3) is 22.4 Å². The first-order valence-electron chi connectivity index (χ1n) is 9.44. The van der Waals surface area contributed by atoms with Crippen LogP contribution in [0.15, 0.2) is 54.7 Å². The summed E-state index contributed by atoms with van der Waals surface area (Å²) in [5.74, 6) is 0.228. The molecule has 0 unspecified atom stereocenters. The predicted molar refractivity (Wildman–Crippen MR) is 112 cm³/mol. The van der Waals surface area contributed by atoms with Crippen LogP contribution in [0.2, 0.25) is 0 Å². The molecule has 1 N–H and O–H groups in total. The van der Waals surface area contributed by atoms with Crippen LogP contribution in [0, 0.1) is 15.9 Å². The first-order valence-corrected chi connectivity index (χ1v) is 9.44. The third kappa shape index (κ3) is 4.53. The summed E-state index contributed by atoms with van der Waals surface area (Å²) >= 11 is 0. The summed E-state index contributed by atoms with van der Waals surface area (Å²) in [4.78, 5) is 28.2. The average Bonchev–Trinajstić information content (AvgIpc) is 2.79. The molecule has 0 aliphatic rings. The van der Waals surface area contributed by atoms with Gasteiger partial charge in [0.25, 0.3) is 5.69 Å². The Hall–Kier alpha value is -4.21. The van der Waals surface area contributed by atoms with Gasteiger partial charge in [0.05, 0.1) is 23.4 Å². The molecule has 31 heavy (non-hydrogen) atoms. The lowest BCUT2D eigenvalue weighted by molar-refractivity contribution is -0.384. The van der Waals surface area contributed by atoms with Gasteiger partial charge in [0, 0.05) is 24.2 Å². The van der Waals surface area contributed by atoms with Gasteiger partial charge in [0.2, 0.25) is 11.8 Å². The van der Waals surface area contributed by atoms with E-state index in [0.717, 1.165) is 5.56 Å². The summed E-state index contributed by atoms with van der Waals surface area (Å²) in [5, 5.41) is 14.1. The van der Waals surface area contributed by atoms with Crippen LogP contribution in [0.4, 0.5) is 16.0 Å². The van der Waals surface area contributed by atoms with Gasteiger partial charge in [-0.25, -0.2) is 14.4 Å². The number of nitrogens with one attached hydrogen (secondary N) is 1. The standard InChI is InChI=1S/C21H17FN6O3/c1-2-31-20-18-19(26-21(27-20)24-11-13-6-8-15(22)9-7-13)23-12-17(25-18)14-4-3-5-16(10-14)28(29)30/h3-10,12H,2,11H2,1H3,(H,23,24,26,27). The minimum absolute atomic E-state index is 0.0407. The molecule has 10 heteroatoms. The van der Waals surface area contributed by atoms with E-state index in [1.807, 2.05) is 6.92 Å². The van der Waals surface area contributed by atoms with Crippen molar-refractivity contribution in [1.29, 1.82) is 0 Å². The summed E-state index contributed by atoms with van der Waals surface area (Å²) < 4.78 is 18.7. The smallest absolute Gasteiger partial charge is 0.270 e. The summed E-state index contributed by atoms with van der Waals surface area (Å²) in [7, 11) is 0. The van der Waals surface area contributed by atoms with Crippen molar-refractivity contribution in [3.05, 3.63) is 76.2 Å². The maximum atomic E-state index is 13.1. The first-order chi connectivity index (χ1) is 15.0. The van der Waals surface area contributed by atoms with Crippen molar-refractivity contribution < 1.29 is 14.1 Å². The molecular formula is C21H17FN6O3. The zero-order chi connectivity index (χ0) is 21.8. The normalized spacial score (nSPS) is 10.8. The lowest BCUT2D eigenvalue weighted by atomic mass is 10.1. The molecule has 0 bridgehead atoms. The van der Waals surface area contributed by atoms with Crippen molar-refractivity contribution in [1.82, 2.24) is 19.9 Å². The molecule has 0 aliphatic carbocycles. The monoisotopic (exact) mass is 420 g/mol. The van der Waals surface area contributed by atoms with Crippen molar-refractivity contribution in [2.45, 2.75) is 13.5 Å². The van der Waals surface area contributed by atoms with Crippen LogP contribution in [0.1, 0.15) is 12.5 Å². The third-order valence-corrected chi connectivity index (χ3v) is 4.37. The Bertz CT molecular complexity index is 1250. The summed E-state index contributed by atoms with van der Waals surface area (Å²) in [6, 6.07) is 12.2. The van der Waals surface area contributed by atoms with Crippen molar-refractivity contribution >= 4 is 22.8 Å². The zero-order valence-electron chi connectivity index (χ0n) is 16.4. The highest BCUT2D eigenvalue weighted by atomic mass is 19.1. The Morgan fingerprint density at radius 3 is 2.68 bits per heavy atom. The fourth-order valence-electron chi connectivity index (χ4n) is 2.90. The van der Waals surface area contributed by atoms with Gasteiger partial charge in [-0.05, 0) is 24.6 Å². The van der Waals surface area contributed by atoms with Crippen LogP contribution in [0.3, 0.4) is 0 Å². The number of nitrogens with zero attached hydrogens (tertiary/aromatic N) is 5. The highest BCUT2D eigenvalue weighted by Gasteiger charge is 2.15. The van der Waals surface area contributed by atoms with Gasteiger partial charge in [-0.1, -0.05) is 24.3 Å². The van der Waals surface area contributed by atoms with Gasteiger partial charge in [-0.3, -0.25) is 10.1 Å². The van der Waals surface area contributed by atoms with Crippen LogP contribution in [0.5, 0.6) is 5.88 Å². The molecule has 0 atom stereocenters. The van der Waals surface area contributed by atoms with Crippen LogP contribution in [-0.4, -0.2) is 31.5 Å². The molecule has 0 fully saturated rings. The third-order valence-electron chi connectivity index (χ3n) is 4.37. The minimum Gasteiger partial charge on any atom is -0.476 e. The van der Waals surface area contributed by atoms with E-state index in [1.54, 1.807) is 24.3 Å². The topological polar surface area (TPSA) is 116 Å². The Morgan fingerprint density at radius 2 is 1.94 bits per heavy atom. The van der Waals surface area contributed by atoms with Gasteiger partial charge >= 0.3 is 0 Å². The molecule has 0 saturated carbocycles. The predicted octanol–water partition coefficient (Wildman–Crippen LogP) is 4.14. The summed E-state index contributed by atoms with van der Waals surface area (Å²) in [6.45, 7) is 2.56. The number of nitro benzene ring substituents is 1. The zero-order valence-corrected chi connectivity index (χ0v) is 16.4. The van der Waals surface area contributed by atoms with Crippen molar-refractivity contribution in [3.8, 4) is 17.1 Å². The van der Waals surface area contributed by atoms with Gasteiger partial charge in [-0.2, -0.15) is 9.97 Å². The molecule has 9 nitrogen and oxygen atoms in total. The molecule has 0 saturated heterocycles. The highest BCUT2D eigenvalue weighted by molar-refractivity contribution is 5.79. The van der Waals surface area contributed by atoms with Gasteiger partial charge < -0.3 is 10.1 Å². The Balaban J connectivity index is 1.67. The molecule has 0 amide bonds. The number of ether oxygens (including phenoxy) is 1. The van der Waals surface area contributed by atoms with E-state index in [9.17, 15) is 14.5 Å². The van der Waals surface area contributed by atoms with Gasteiger partial charge in [0.15, 0.2) is 11.2 Å². The van der Waals surface area contributed by atoms with Gasteiger partial charge in [-0.15, -0.1) is 0 Å². The fourth-order valence-corrected chi connectivity index (χ4v) is 2.90. The number of hydrogen-bond acceptors (Lipinski definition) is 8. The summed E-state index contributed by atoms with van der Waals surface area (Å²) in [6.07, 6.45) is 1.49. The highest BCUT2D eigenvalue weighted by Crippen LogP contribution is 2.27. The molecular weight excluding hydrogens is 403 g/mol. The molecule has 4 aromatic rings. The second-order valence-electron chi connectivity index (χ2n) is 6.50. The molecule has 156 valence electrons. The molecule has 2 aromatic carbocycles. The lowest BCUT2D eigenvalue weighted by Crippen LogP contribution is -2.07. The molecule has 2 aromatic heterocycles. The number of rotatable bonds is 7. The Kier molecular flexibility index (Phi) is 5.61. The van der Waals surface area contributed by atoms with E-state index in [4.69, 9.17) is 4.74 Å². The van der Waals surface area contributed by atoms with Gasteiger partial charge in [0.1, 0.15) is 5.82 Å². The maximum absolute atomic E-state index is 13.1. The number of aromatic nitrogens is 4. The second kappa shape index (κ2) is 8.66. The molecule has 0 aliphatic heterocycles. The fraction of sp³-hybridized carbons (Fsp3) is 0.143. The second-order valence-corrected chi connectivity index (χ2v) is 6.50. The van der Waals surface area contributed by atoms with Crippen LogP contribution < -0.4 is 10.1 Å². The molecule has 0 spiro atoms. The van der Waals surface area contributed by atoms with E-state index in [1.165, 1.54) is 30.5 Å². The molecule has 2 heterocycles. The number of hydrogen-bond donors (Lipinski definition) is 1. The van der Waals surface area contributed by atoms with Crippen molar-refractivity contribution in [3.63, 3.8) is 0 Å². The Labute approximate surface area is 176 Å². The van der Waals surface area contributed by atoms with Crippen molar-refractivity contribution in [2.75, 3.05) is 11.9 Å². The summed E-state index contributed by atoms with van der Waals surface area (Å²) in [5.41, 5.74) is 2.46. The number of fused-ring (bicyclic) bond motifs is 1. The lowest BCUT2D eigenvalue weighted by Gasteiger charge is -2.10. The van der Waals surface area contributed by atoms with E-state index >= 15 is 0 Å². The van der Waals surface area contributed by atoms with E-state index < -0.39 is 4.92 Å². The number of anilines is 1. The number of halogens is 1. The molecule has 0 radical (unpaired) electrons. The van der Waals surface area contributed by atoms with E-state index in [2.05, 4.69) is 25.3 Å². The first kappa shape index (κ1) is 20.1. The number of non-ortho nitro benzene ring substituents is 1. The van der Waals surface area contributed by atoms with Crippen LogP contribution >= 0.6 is 0 Å². The van der Waals surface area contributed by atoms with E-state index in [-0.39, 0.29) is 23.3 Å². The largest absolute Gasteiger partial charge is 0.476 e. The quantitative estimate of drug-likeness (QED) is 0.350. The van der Waals surface area contributed by atoms with Crippen molar-refractivity contribution in [2.24, 2.45) is 0 Å². The SMILES string of the molecule is CCOc1nc(NCc2ccc(F)cc2)nc2ncc(-c3cccc([N+](=O)[O-])c3)nc12. The number of nitro groups is 1.